The fraction of sp³-hybridized carbons (Fsp3) is 0.412. The molecule has 0 radical (unpaired) electrons. The number of nitrogens with two attached hydrogens (primary N) is 1. The third-order valence-corrected chi connectivity index (χ3v) is 4.85. The minimum absolute atomic E-state index is 0.203. The first kappa shape index (κ1) is 14.6. The number of rotatable bonds is 3. The molecule has 5 rings (SSSR count). The van der Waals surface area contributed by atoms with Crippen LogP contribution in [-0.4, -0.2) is 50.7 Å². The van der Waals surface area contributed by atoms with Crippen molar-refractivity contribution >= 4 is 17.1 Å². The van der Waals surface area contributed by atoms with Crippen LogP contribution in [0.2, 0.25) is 0 Å². The summed E-state index contributed by atoms with van der Waals surface area (Å²) in [6.45, 7) is 3.10. The van der Waals surface area contributed by atoms with Gasteiger partial charge in [-0.25, -0.2) is 14.6 Å². The van der Waals surface area contributed by atoms with Crippen LogP contribution in [-0.2, 0) is 13.0 Å². The number of aromatic nitrogens is 5. The summed E-state index contributed by atoms with van der Waals surface area (Å²) in [5.41, 5.74) is 9.68. The van der Waals surface area contributed by atoms with Gasteiger partial charge in [-0.1, -0.05) is 17.3 Å². The molecule has 0 spiro atoms. The molecule has 0 saturated carbocycles. The van der Waals surface area contributed by atoms with E-state index < -0.39 is 0 Å². The first-order chi connectivity index (χ1) is 12.3. The minimum atomic E-state index is 0.203. The number of hydrogen-bond acceptors (Lipinski definition) is 7. The normalized spacial score (nSPS) is 19.4. The van der Waals surface area contributed by atoms with E-state index in [1.165, 1.54) is 5.56 Å². The summed E-state index contributed by atoms with van der Waals surface area (Å²) in [6, 6.07) is 6.47. The van der Waals surface area contributed by atoms with Gasteiger partial charge >= 0.3 is 0 Å². The number of anilines is 1. The quantitative estimate of drug-likeness (QED) is 0.753. The number of fused-ring (bicyclic) bond motifs is 2. The van der Waals surface area contributed by atoms with Crippen LogP contribution in [0.3, 0.4) is 0 Å². The number of benzene rings is 1. The largest absolute Gasteiger partial charge is 0.493 e. The van der Waals surface area contributed by atoms with E-state index in [0.717, 1.165) is 49.7 Å². The van der Waals surface area contributed by atoms with E-state index in [0.29, 0.717) is 17.8 Å². The Balaban J connectivity index is 1.46. The molecule has 1 aromatic carbocycles. The number of ether oxygens (including phenoxy) is 1. The van der Waals surface area contributed by atoms with Crippen LogP contribution < -0.4 is 15.4 Å². The Morgan fingerprint density at radius 1 is 1.32 bits per heavy atom. The van der Waals surface area contributed by atoms with E-state index in [4.69, 9.17) is 15.5 Å². The number of nitrogens with zero attached hydrogens (tertiary/aromatic N) is 6. The third kappa shape index (κ3) is 2.58. The maximum atomic E-state index is 6.00. The van der Waals surface area contributed by atoms with Crippen molar-refractivity contribution in [3.05, 3.63) is 35.5 Å². The van der Waals surface area contributed by atoms with Gasteiger partial charge in [-0.3, -0.25) is 0 Å². The maximum absolute atomic E-state index is 6.00. The second-order valence-electron chi connectivity index (χ2n) is 6.66. The average Bonchev–Trinajstić information content (AvgIpc) is 3.34. The van der Waals surface area contributed by atoms with Gasteiger partial charge in [0.15, 0.2) is 5.65 Å². The molecule has 1 atom stereocenters. The van der Waals surface area contributed by atoms with Gasteiger partial charge in [-0.05, 0) is 23.6 Å². The Morgan fingerprint density at radius 2 is 2.28 bits per heavy atom. The van der Waals surface area contributed by atoms with E-state index in [1.54, 1.807) is 10.9 Å². The molecule has 2 aromatic heterocycles. The minimum Gasteiger partial charge on any atom is -0.493 e. The molecular formula is C17H19N7O. The lowest BCUT2D eigenvalue weighted by molar-refractivity contribution is 0.357. The van der Waals surface area contributed by atoms with E-state index in [9.17, 15) is 0 Å². The number of hydrogen-bond donors (Lipinski definition) is 1. The van der Waals surface area contributed by atoms with Crippen molar-refractivity contribution in [1.82, 2.24) is 25.0 Å². The summed E-state index contributed by atoms with van der Waals surface area (Å²) in [5.74, 6) is 1.83. The molecule has 8 nitrogen and oxygen atoms in total. The zero-order valence-electron chi connectivity index (χ0n) is 13.8. The molecule has 2 aliphatic rings. The Hall–Kier alpha value is -2.74. The highest BCUT2D eigenvalue weighted by atomic mass is 16.5. The summed E-state index contributed by atoms with van der Waals surface area (Å²) in [6.07, 6.45) is 3.70. The highest BCUT2D eigenvalue weighted by Crippen LogP contribution is 2.26. The fourth-order valence-corrected chi connectivity index (χ4v) is 3.51. The predicted octanol–water partition coefficient (Wildman–Crippen LogP) is 0.742. The van der Waals surface area contributed by atoms with Crippen LogP contribution in [0, 0.1) is 0 Å². The van der Waals surface area contributed by atoms with Gasteiger partial charge in [0.05, 0.1) is 19.3 Å². The fourth-order valence-electron chi connectivity index (χ4n) is 3.51. The molecule has 25 heavy (non-hydrogen) atoms. The predicted molar refractivity (Wildman–Crippen MR) is 92.7 cm³/mol. The van der Waals surface area contributed by atoms with Gasteiger partial charge in [-0.15, -0.1) is 5.10 Å². The standard InChI is InChI=1S/C17H19N7O/c18-13-3-5-23(10-13)15-8-19-16-17(20-15)24(22-21-16)9-11-1-2-14-12(7-11)4-6-25-14/h1-2,7-8,13H,3-6,9-10,18H2/t13-/m1/s1. The van der Waals surface area contributed by atoms with E-state index in [-0.39, 0.29) is 6.04 Å². The molecule has 2 N–H and O–H groups in total. The first-order valence-corrected chi connectivity index (χ1v) is 8.57. The average molecular weight is 337 g/mol. The van der Waals surface area contributed by atoms with Gasteiger partial charge in [-0.2, -0.15) is 0 Å². The van der Waals surface area contributed by atoms with Gasteiger partial charge < -0.3 is 15.4 Å². The zero-order chi connectivity index (χ0) is 16.8. The first-order valence-electron chi connectivity index (χ1n) is 8.57. The van der Waals surface area contributed by atoms with Crippen LogP contribution in [0.25, 0.3) is 11.3 Å². The highest BCUT2D eigenvalue weighted by Gasteiger charge is 2.22. The summed E-state index contributed by atoms with van der Waals surface area (Å²) < 4.78 is 7.37. The highest BCUT2D eigenvalue weighted by molar-refractivity contribution is 5.67. The zero-order valence-corrected chi connectivity index (χ0v) is 13.8. The molecule has 8 heteroatoms. The second-order valence-corrected chi connectivity index (χ2v) is 6.66. The Labute approximate surface area is 144 Å². The second kappa shape index (κ2) is 5.66. The molecule has 3 aromatic rings. The van der Waals surface area contributed by atoms with Crippen LogP contribution >= 0.6 is 0 Å². The van der Waals surface area contributed by atoms with E-state index in [1.807, 2.05) is 6.07 Å². The Morgan fingerprint density at radius 3 is 3.16 bits per heavy atom. The summed E-state index contributed by atoms with van der Waals surface area (Å²) >= 11 is 0. The molecule has 0 aliphatic carbocycles. The van der Waals surface area contributed by atoms with Crippen molar-refractivity contribution in [2.45, 2.75) is 25.4 Å². The molecule has 0 unspecified atom stereocenters. The van der Waals surface area contributed by atoms with E-state index in [2.05, 4.69) is 32.3 Å². The van der Waals surface area contributed by atoms with Crippen molar-refractivity contribution < 1.29 is 4.74 Å². The lowest BCUT2D eigenvalue weighted by Crippen LogP contribution is -2.27. The maximum Gasteiger partial charge on any atom is 0.221 e. The Kier molecular flexibility index (Phi) is 3.30. The molecule has 0 bridgehead atoms. The van der Waals surface area contributed by atoms with Gasteiger partial charge in [0, 0.05) is 25.6 Å². The molecule has 1 saturated heterocycles. The molecule has 0 amide bonds. The topological polar surface area (TPSA) is 95.0 Å². The molecule has 2 aliphatic heterocycles. The summed E-state index contributed by atoms with van der Waals surface area (Å²) in [5, 5.41) is 8.38. The summed E-state index contributed by atoms with van der Waals surface area (Å²) in [4.78, 5) is 11.3. The molecular weight excluding hydrogens is 318 g/mol. The van der Waals surface area contributed by atoms with Gasteiger partial charge in [0.2, 0.25) is 5.65 Å². The van der Waals surface area contributed by atoms with Crippen molar-refractivity contribution in [2.75, 3.05) is 24.6 Å². The molecule has 1 fully saturated rings. The van der Waals surface area contributed by atoms with E-state index >= 15 is 0 Å². The monoisotopic (exact) mass is 337 g/mol. The molecule has 4 heterocycles. The lowest BCUT2D eigenvalue weighted by atomic mass is 10.1. The van der Waals surface area contributed by atoms with Crippen molar-refractivity contribution in [2.24, 2.45) is 5.73 Å². The Bertz CT molecular complexity index is 938. The SMILES string of the molecule is N[C@@H]1CCN(c2cnc3nnn(Cc4ccc5c(c4)CCO5)c3n2)C1. The lowest BCUT2D eigenvalue weighted by Gasteiger charge is -2.16. The molecule has 128 valence electrons. The van der Waals surface area contributed by atoms with Gasteiger partial charge in [0.1, 0.15) is 11.6 Å². The van der Waals surface area contributed by atoms with Crippen molar-refractivity contribution in [3.8, 4) is 5.75 Å². The van der Waals surface area contributed by atoms with Gasteiger partial charge in [0.25, 0.3) is 0 Å². The smallest absolute Gasteiger partial charge is 0.221 e. The van der Waals surface area contributed by atoms with Crippen LogP contribution in [0.4, 0.5) is 5.82 Å². The third-order valence-electron chi connectivity index (χ3n) is 4.85. The van der Waals surface area contributed by atoms with Crippen molar-refractivity contribution in [1.29, 1.82) is 0 Å². The van der Waals surface area contributed by atoms with Crippen LogP contribution in [0.5, 0.6) is 5.75 Å². The van der Waals surface area contributed by atoms with Crippen LogP contribution in [0.1, 0.15) is 17.5 Å². The summed E-state index contributed by atoms with van der Waals surface area (Å²) in [7, 11) is 0. The van der Waals surface area contributed by atoms with Crippen LogP contribution in [0.15, 0.2) is 24.4 Å². The van der Waals surface area contributed by atoms with Crippen molar-refractivity contribution in [3.63, 3.8) is 0 Å².